The normalized spacial score (nSPS) is 24.9. The molecule has 1 unspecified atom stereocenters. The summed E-state index contributed by atoms with van der Waals surface area (Å²) in [5.74, 6) is 0.668. The molecule has 2 heterocycles. The number of likely N-dealkylation sites (tertiary alicyclic amines) is 1. The summed E-state index contributed by atoms with van der Waals surface area (Å²) < 4.78 is 0. The molecule has 1 atom stereocenters. The van der Waals surface area contributed by atoms with Crippen molar-refractivity contribution in [3.63, 3.8) is 0 Å². The van der Waals surface area contributed by atoms with Crippen molar-refractivity contribution in [2.45, 2.75) is 25.7 Å². The van der Waals surface area contributed by atoms with Gasteiger partial charge < -0.3 is 4.90 Å². The van der Waals surface area contributed by atoms with E-state index >= 15 is 0 Å². The molecule has 0 radical (unpaired) electrons. The Hall–Kier alpha value is -0.830. The fraction of sp³-hybridized carbons (Fsp3) is 0.700. The van der Waals surface area contributed by atoms with E-state index in [9.17, 15) is 0 Å². The van der Waals surface area contributed by atoms with Crippen molar-refractivity contribution in [3.05, 3.63) is 17.5 Å². The van der Waals surface area contributed by atoms with E-state index in [1.165, 1.54) is 37.2 Å². The maximum Gasteiger partial charge on any atom is 0.0519 e. The van der Waals surface area contributed by atoms with Gasteiger partial charge in [0, 0.05) is 18.2 Å². The van der Waals surface area contributed by atoms with Crippen molar-refractivity contribution < 1.29 is 0 Å². The summed E-state index contributed by atoms with van der Waals surface area (Å²) in [6, 6.07) is 0. The Bertz CT molecular complexity index is 279. The van der Waals surface area contributed by atoms with Gasteiger partial charge in [-0.3, -0.25) is 5.10 Å². The fourth-order valence-corrected chi connectivity index (χ4v) is 2.17. The van der Waals surface area contributed by atoms with E-state index in [0.717, 1.165) is 0 Å². The second kappa shape index (κ2) is 3.50. The highest BCUT2D eigenvalue weighted by Crippen LogP contribution is 2.26. The Kier molecular flexibility index (Phi) is 2.36. The fourth-order valence-electron chi connectivity index (χ4n) is 2.17. The second-order valence-corrected chi connectivity index (χ2v) is 4.07. The third-order valence-corrected chi connectivity index (χ3v) is 2.90. The predicted molar refractivity (Wildman–Crippen MR) is 52.8 cm³/mol. The van der Waals surface area contributed by atoms with Gasteiger partial charge in [-0.25, -0.2) is 0 Å². The second-order valence-electron chi connectivity index (χ2n) is 4.07. The molecule has 1 saturated heterocycles. The Labute approximate surface area is 79.1 Å². The standard InChI is InChI=1S/C10H17N3/c1-8-6-11-12-10(8)9-4-3-5-13(2)7-9/h6,9H,3-5,7H2,1-2H3,(H,11,12). The highest BCUT2D eigenvalue weighted by atomic mass is 15.1. The summed E-state index contributed by atoms with van der Waals surface area (Å²) in [6.45, 7) is 4.54. The minimum absolute atomic E-state index is 0.668. The molecule has 0 spiro atoms. The van der Waals surface area contributed by atoms with Crippen molar-refractivity contribution in [2.24, 2.45) is 0 Å². The smallest absolute Gasteiger partial charge is 0.0519 e. The van der Waals surface area contributed by atoms with Gasteiger partial charge in [-0.05, 0) is 38.9 Å². The van der Waals surface area contributed by atoms with Gasteiger partial charge in [0.25, 0.3) is 0 Å². The molecule has 1 aliphatic rings. The van der Waals surface area contributed by atoms with Crippen LogP contribution in [0, 0.1) is 6.92 Å². The molecule has 0 bridgehead atoms. The van der Waals surface area contributed by atoms with Crippen LogP contribution >= 0.6 is 0 Å². The topological polar surface area (TPSA) is 31.9 Å². The van der Waals surface area contributed by atoms with Crippen molar-refractivity contribution >= 4 is 0 Å². The molecule has 0 saturated carbocycles. The number of rotatable bonds is 1. The lowest BCUT2D eigenvalue weighted by atomic mass is 9.93. The van der Waals surface area contributed by atoms with E-state index in [-0.39, 0.29) is 0 Å². The summed E-state index contributed by atoms with van der Waals surface area (Å²) in [4.78, 5) is 2.40. The quantitative estimate of drug-likeness (QED) is 0.709. The molecule has 1 N–H and O–H groups in total. The van der Waals surface area contributed by atoms with Crippen LogP contribution in [0.25, 0.3) is 0 Å². The summed E-state index contributed by atoms with van der Waals surface area (Å²) in [6.07, 6.45) is 4.52. The maximum atomic E-state index is 4.08. The molecule has 3 nitrogen and oxygen atoms in total. The molecule has 72 valence electrons. The number of hydrogen-bond acceptors (Lipinski definition) is 2. The molecule has 2 rings (SSSR count). The first-order chi connectivity index (χ1) is 6.27. The average molecular weight is 179 g/mol. The van der Waals surface area contributed by atoms with Crippen LogP contribution in [0.3, 0.4) is 0 Å². The van der Waals surface area contributed by atoms with Crippen molar-refractivity contribution in [2.75, 3.05) is 20.1 Å². The van der Waals surface area contributed by atoms with Crippen molar-refractivity contribution in [1.82, 2.24) is 15.1 Å². The van der Waals surface area contributed by atoms with E-state index in [1.807, 2.05) is 6.20 Å². The number of aromatic amines is 1. The molecule has 13 heavy (non-hydrogen) atoms. The molecule has 1 aromatic rings. The van der Waals surface area contributed by atoms with Crippen LogP contribution in [0.15, 0.2) is 6.20 Å². The minimum Gasteiger partial charge on any atom is -0.306 e. The highest BCUT2D eigenvalue weighted by Gasteiger charge is 2.21. The first-order valence-corrected chi connectivity index (χ1v) is 4.96. The van der Waals surface area contributed by atoms with Gasteiger partial charge in [-0.1, -0.05) is 0 Å². The number of H-pyrrole nitrogens is 1. The summed E-state index contributed by atoms with van der Waals surface area (Å²) in [5.41, 5.74) is 2.65. The molecule has 0 amide bonds. The molecule has 3 heteroatoms. The van der Waals surface area contributed by atoms with E-state index in [4.69, 9.17) is 0 Å². The third-order valence-electron chi connectivity index (χ3n) is 2.90. The van der Waals surface area contributed by atoms with Crippen molar-refractivity contribution in [1.29, 1.82) is 0 Å². The number of nitrogens with one attached hydrogen (secondary N) is 1. The van der Waals surface area contributed by atoms with E-state index in [0.29, 0.717) is 5.92 Å². The van der Waals surface area contributed by atoms with Crippen LogP contribution in [0.5, 0.6) is 0 Å². The average Bonchev–Trinajstić information content (AvgIpc) is 2.51. The van der Waals surface area contributed by atoms with Crippen LogP contribution in [-0.2, 0) is 0 Å². The van der Waals surface area contributed by atoms with Crippen LogP contribution < -0.4 is 0 Å². The summed E-state index contributed by atoms with van der Waals surface area (Å²) in [7, 11) is 2.19. The number of aryl methyl sites for hydroxylation is 1. The summed E-state index contributed by atoms with van der Waals surface area (Å²) >= 11 is 0. The number of likely N-dealkylation sites (N-methyl/N-ethyl adjacent to an activating group) is 1. The zero-order valence-corrected chi connectivity index (χ0v) is 8.38. The molecular weight excluding hydrogens is 162 g/mol. The summed E-state index contributed by atoms with van der Waals surface area (Å²) in [5, 5.41) is 7.20. The van der Waals surface area contributed by atoms with Gasteiger partial charge in [0.15, 0.2) is 0 Å². The van der Waals surface area contributed by atoms with E-state index in [1.54, 1.807) is 0 Å². The Morgan fingerprint density at radius 1 is 1.62 bits per heavy atom. The van der Waals surface area contributed by atoms with Crippen LogP contribution in [0.4, 0.5) is 0 Å². The molecule has 0 aromatic carbocycles. The largest absolute Gasteiger partial charge is 0.306 e. The molecule has 1 aliphatic heterocycles. The third kappa shape index (κ3) is 1.75. The molecule has 1 fully saturated rings. The van der Waals surface area contributed by atoms with Gasteiger partial charge >= 0.3 is 0 Å². The lowest BCUT2D eigenvalue weighted by Crippen LogP contribution is -2.31. The number of aromatic nitrogens is 2. The molecular formula is C10H17N3. The monoisotopic (exact) mass is 179 g/mol. The zero-order chi connectivity index (χ0) is 9.26. The zero-order valence-electron chi connectivity index (χ0n) is 8.38. The van der Waals surface area contributed by atoms with Gasteiger partial charge in [0.2, 0.25) is 0 Å². The van der Waals surface area contributed by atoms with E-state index in [2.05, 4.69) is 29.1 Å². The number of piperidine rings is 1. The van der Waals surface area contributed by atoms with Gasteiger partial charge in [-0.15, -0.1) is 0 Å². The van der Waals surface area contributed by atoms with Crippen molar-refractivity contribution in [3.8, 4) is 0 Å². The van der Waals surface area contributed by atoms with Gasteiger partial charge in [0.05, 0.1) is 6.20 Å². The van der Waals surface area contributed by atoms with E-state index < -0.39 is 0 Å². The first-order valence-electron chi connectivity index (χ1n) is 4.96. The van der Waals surface area contributed by atoms with Crippen LogP contribution in [0.1, 0.15) is 30.0 Å². The van der Waals surface area contributed by atoms with Crippen LogP contribution in [0.2, 0.25) is 0 Å². The van der Waals surface area contributed by atoms with Gasteiger partial charge in [0.1, 0.15) is 0 Å². The molecule has 0 aliphatic carbocycles. The number of nitrogens with zero attached hydrogens (tertiary/aromatic N) is 2. The molecule has 1 aromatic heterocycles. The Morgan fingerprint density at radius 2 is 2.46 bits per heavy atom. The lowest BCUT2D eigenvalue weighted by molar-refractivity contribution is 0.248. The first kappa shape index (κ1) is 8.75. The Balaban J connectivity index is 2.12. The number of hydrogen-bond donors (Lipinski definition) is 1. The lowest BCUT2D eigenvalue weighted by Gasteiger charge is -2.29. The minimum atomic E-state index is 0.668. The maximum absolute atomic E-state index is 4.08. The predicted octanol–water partition coefficient (Wildman–Crippen LogP) is 1.53. The van der Waals surface area contributed by atoms with Gasteiger partial charge in [-0.2, -0.15) is 5.10 Å². The highest BCUT2D eigenvalue weighted by molar-refractivity contribution is 5.19. The Morgan fingerprint density at radius 3 is 3.08 bits per heavy atom. The van der Waals surface area contributed by atoms with Crippen LogP contribution in [-0.4, -0.2) is 35.2 Å². The SMILES string of the molecule is Cc1cn[nH]c1C1CCCN(C)C1.